The molecule has 2 amide bonds. The summed E-state index contributed by atoms with van der Waals surface area (Å²) in [7, 11) is 0. The molecule has 0 aliphatic carbocycles. The first-order valence-corrected chi connectivity index (χ1v) is 6.03. The summed E-state index contributed by atoms with van der Waals surface area (Å²) in [5, 5.41) is 8.70. The maximum Gasteiger partial charge on any atom is 0.269 e. The number of hydrogen-bond acceptors (Lipinski definition) is 4. The van der Waals surface area contributed by atoms with Crippen LogP contribution in [-0.4, -0.2) is 46.5 Å². The number of nitrogen functional groups attached to an aromatic ring is 1. The lowest BCUT2D eigenvalue weighted by molar-refractivity contribution is -0.130. The molecule has 0 spiro atoms. The summed E-state index contributed by atoms with van der Waals surface area (Å²) in [6.45, 7) is 1.58. The molecule has 1 fully saturated rings. The second kappa shape index (κ2) is 5.52. The van der Waals surface area contributed by atoms with Crippen LogP contribution in [0.1, 0.15) is 29.8 Å². The van der Waals surface area contributed by atoms with Crippen LogP contribution in [-0.2, 0) is 4.79 Å². The molecule has 1 aliphatic rings. The van der Waals surface area contributed by atoms with Crippen molar-refractivity contribution in [3.8, 4) is 0 Å². The van der Waals surface area contributed by atoms with Gasteiger partial charge in [-0.25, -0.2) is 0 Å². The summed E-state index contributed by atoms with van der Waals surface area (Å²) < 4.78 is 0. The fourth-order valence-corrected chi connectivity index (χ4v) is 1.96. The Kier molecular flexibility index (Phi) is 3.81. The van der Waals surface area contributed by atoms with Gasteiger partial charge < -0.3 is 16.0 Å². The van der Waals surface area contributed by atoms with Gasteiger partial charge in [0.1, 0.15) is 11.5 Å². The monoisotopic (exact) mass is 251 g/mol. The zero-order valence-corrected chi connectivity index (χ0v) is 10.1. The molecule has 0 atom stereocenters. The molecule has 0 bridgehead atoms. The van der Waals surface area contributed by atoms with Gasteiger partial charge in [-0.15, -0.1) is 0 Å². The van der Waals surface area contributed by atoms with Crippen LogP contribution >= 0.6 is 0 Å². The van der Waals surface area contributed by atoms with E-state index in [0.717, 1.165) is 25.9 Å². The second-order valence-electron chi connectivity index (χ2n) is 4.33. The zero-order valence-electron chi connectivity index (χ0n) is 10.1. The van der Waals surface area contributed by atoms with E-state index in [-0.39, 0.29) is 29.9 Å². The average Bonchev–Trinajstić information content (AvgIpc) is 2.83. The Hall–Kier alpha value is -2.05. The third-order valence-corrected chi connectivity index (χ3v) is 2.95. The summed E-state index contributed by atoms with van der Waals surface area (Å²) >= 11 is 0. The molecule has 1 aromatic rings. The standard InChI is InChI=1S/C11H17N5O2/c12-9-6-8(14-15-9)11(18)13-7-10(17)16-4-2-1-3-5-16/h6H,1-5,7H2,(H,13,18)(H3,12,14,15). The number of aromatic nitrogens is 2. The number of piperidine rings is 1. The van der Waals surface area contributed by atoms with Crippen LogP contribution in [0.15, 0.2) is 6.07 Å². The van der Waals surface area contributed by atoms with Crippen molar-refractivity contribution in [2.45, 2.75) is 19.3 Å². The van der Waals surface area contributed by atoms with Crippen LogP contribution in [0.2, 0.25) is 0 Å². The van der Waals surface area contributed by atoms with Gasteiger partial charge in [0.15, 0.2) is 0 Å². The van der Waals surface area contributed by atoms with Crippen molar-refractivity contribution in [1.29, 1.82) is 0 Å². The number of likely N-dealkylation sites (tertiary alicyclic amines) is 1. The SMILES string of the molecule is Nc1cc(C(=O)NCC(=O)N2CCCCC2)[nH]n1. The fraction of sp³-hybridized carbons (Fsp3) is 0.545. The van der Waals surface area contributed by atoms with Gasteiger partial charge >= 0.3 is 0 Å². The summed E-state index contributed by atoms with van der Waals surface area (Å²) in [4.78, 5) is 25.2. The molecule has 7 heteroatoms. The van der Waals surface area contributed by atoms with E-state index in [0.29, 0.717) is 0 Å². The quantitative estimate of drug-likeness (QED) is 0.688. The van der Waals surface area contributed by atoms with Crippen LogP contribution in [0.25, 0.3) is 0 Å². The van der Waals surface area contributed by atoms with Gasteiger partial charge in [-0.05, 0) is 19.3 Å². The topological polar surface area (TPSA) is 104 Å². The molecule has 0 radical (unpaired) electrons. The van der Waals surface area contributed by atoms with Crippen molar-refractivity contribution >= 4 is 17.6 Å². The van der Waals surface area contributed by atoms with Crippen LogP contribution in [0.3, 0.4) is 0 Å². The van der Waals surface area contributed by atoms with Gasteiger partial charge in [0.2, 0.25) is 5.91 Å². The van der Waals surface area contributed by atoms with Crippen LogP contribution in [0, 0.1) is 0 Å². The molecule has 98 valence electrons. The highest BCUT2D eigenvalue weighted by atomic mass is 16.2. The number of rotatable bonds is 3. The largest absolute Gasteiger partial charge is 0.382 e. The van der Waals surface area contributed by atoms with Gasteiger partial charge in [0.05, 0.1) is 6.54 Å². The van der Waals surface area contributed by atoms with Gasteiger partial charge in [0.25, 0.3) is 5.91 Å². The van der Waals surface area contributed by atoms with E-state index in [1.165, 1.54) is 12.5 Å². The predicted molar refractivity (Wildman–Crippen MR) is 65.8 cm³/mol. The lowest BCUT2D eigenvalue weighted by atomic mass is 10.1. The molecular weight excluding hydrogens is 234 g/mol. The maximum atomic E-state index is 11.8. The summed E-state index contributed by atoms with van der Waals surface area (Å²) in [5.74, 6) is -0.164. The van der Waals surface area contributed by atoms with Crippen molar-refractivity contribution in [2.24, 2.45) is 0 Å². The molecule has 0 saturated carbocycles. The Morgan fingerprint density at radius 2 is 2.11 bits per heavy atom. The minimum absolute atomic E-state index is 0.0117. The fourth-order valence-electron chi connectivity index (χ4n) is 1.96. The van der Waals surface area contributed by atoms with E-state index >= 15 is 0 Å². The van der Waals surface area contributed by atoms with Crippen molar-refractivity contribution in [3.63, 3.8) is 0 Å². The molecule has 1 saturated heterocycles. The number of anilines is 1. The number of nitrogens with zero attached hydrogens (tertiary/aromatic N) is 2. The molecule has 1 aliphatic heterocycles. The first-order chi connectivity index (χ1) is 8.66. The highest BCUT2D eigenvalue weighted by Gasteiger charge is 2.17. The van der Waals surface area contributed by atoms with Crippen molar-refractivity contribution < 1.29 is 9.59 Å². The van der Waals surface area contributed by atoms with E-state index in [1.54, 1.807) is 4.90 Å². The van der Waals surface area contributed by atoms with Gasteiger partial charge in [-0.3, -0.25) is 14.7 Å². The zero-order chi connectivity index (χ0) is 13.0. The average molecular weight is 251 g/mol. The molecule has 0 aromatic carbocycles. The number of H-pyrrole nitrogens is 1. The van der Waals surface area contributed by atoms with Gasteiger partial charge in [-0.2, -0.15) is 5.10 Å². The normalized spacial score (nSPS) is 15.4. The Morgan fingerprint density at radius 3 is 2.72 bits per heavy atom. The molecule has 2 rings (SSSR count). The molecule has 18 heavy (non-hydrogen) atoms. The van der Waals surface area contributed by atoms with Crippen molar-refractivity contribution in [1.82, 2.24) is 20.4 Å². The molecule has 2 heterocycles. The highest BCUT2D eigenvalue weighted by molar-refractivity contribution is 5.95. The number of amides is 2. The Morgan fingerprint density at radius 1 is 1.39 bits per heavy atom. The molecular formula is C11H17N5O2. The third kappa shape index (κ3) is 2.99. The van der Waals surface area contributed by atoms with Gasteiger partial charge in [0, 0.05) is 19.2 Å². The first kappa shape index (κ1) is 12.4. The Balaban J connectivity index is 1.80. The molecule has 4 N–H and O–H groups in total. The molecule has 7 nitrogen and oxygen atoms in total. The minimum atomic E-state index is -0.371. The second-order valence-corrected chi connectivity index (χ2v) is 4.33. The summed E-state index contributed by atoms with van der Waals surface area (Å²) in [6, 6.07) is 1.43. The van der Waals surface area contributed by atoms with Crippen molar-refractivity contribution in [2.75, 3.05) is 25.4 Å². The Bertz CT molecular complexity index is 436. The van der Waals surface area contributed by atoms with E-state index in [9.17, 15) is 9.59 Å². The first-order valence-electron chi connectivity index (χ1n) is 6.03. The van der Waals surface area contributed by atoms with Crippen LogP contribution in [0.4, 0.5) is 5.82 Å². The summed E-state index contributed by atoms with van der Waals surface area (Å²) in [5.41, 5.74) is 5.65. The van der Waals surface area contributed by atoms with Gasteiger partial charge in [-0.1, -0.05) is 0 Å². The molecule has 0 unspecified atom stereocenters. The Labute approximate surface area is 105 Å². The van der Waals surface area contributed by atoms with Crippen LogP contribution in [0.5, 0.6) is 0 Å². The van der Waals surface area contributed by atoms with E-state index in [4.69, 9.17) is 5.73 Å². The predicted octanol–water partition coefficient (Wildman–Crippen LogP) is -0.266. The number of nitrogens with two attached hydrogens (primary N) is 1. The van der Waals surface area contributed by atoms with E-state index in [2.05, 4.69) is 15.5 Å². The lowest BCUT2D eigenvalue weighted by Gasteiger charge is -2.26. The number of carbonyl (C=O) groups excluding carboxylic acids is 2. The maximum absolute atomic E-state index is 11.8. The van der Waals surface area contributed by atoms with E-state index < -0.39 is 0 Å². The highest BCUT2D eigenvalue weighted by Crippen LogP contribution is 2.08. The smallest absolute Gasteiger partial charge is 0.269 e. The minimum Gasteiger partial charge on any atom is -0.382 e. The van der Waals surface area contributed by atoms with Crippen molar-refractivity contribution in [3.05, 3.63) is 11.8 Å². The lowest BCUT2D eigenvalue weighted by Crippen LogP contribution is -2.42. The van der Waals surface area contributed by atoms with Crippen LogP contribution < -0.4 is 11.1 Å². The molecule has 1 aromatic heterocycles. The number of carbonyl (C=O) groups is 2. The number of nitrogens with one attached hydrogen (secondary N) is 2. The summed E-state index contributed by atoms with van der Waals surface area (Å²) in [6.07, 6.45) is 3.25. The third-order valence-electron chi connectivity index (χ3n) is 2.95. The van der Waals surface area contributed by atoms with E-state index in [1.807, 2.05) is 0 Å². The number of aromatic amines is 1. The number of hydrogen-bond donors (Lipinski definition) is 3.